The van der Waals surface area contributed by atoms with Crippen LogP contribution in [0.2, 0.25) is 22.5 Å². The maximum absolute atomic E-state index is 12.6. The van der Waals surface area contributed by atoms with E-state index in [2.05, 4.69) is 44.1 Å². The highest BCUT2D eigenvalue weighted by Gasteiger charge is 2.47. The predicted molar refractivity (Wildman–Crippen MR) is 161 cm³/mol. The summed E-state index contributed by atoms with van der Waals surface area (Å²) in [5, 5.41) is 4.87. The molecule has 40 heavy (non-hydrogen) atoms. The number of ketones is 1. The number of nitrogens with zero attached hydrogens (tertiary/aromatic N) is 2. The largest absolute Gasteiger partial charge is 0.433 e. The Morgan fingerprint density at radius 2 is 1.75 bits per heavy atom. The first-order chi connectivity index (χ1) is 19.0. The number of alkyl halides is 3. The van der Waals surface area contributed by atoms with E-state index in [-0.39, 0.29) is 18.2 Å². The molecule has 1 aliphatic carbocycles. The normalized spacial score (nSPS) is 21.6. The molecule has 3 aliphatic rings. The third-order valence-corrected chi connectivity index (χ3v) is 9.59. The summed E-state index contributed by atoms with van der Waals surface area (Å²) in [5.74, 6) is 3.23. The molecular formula is C32H47BClF3N2O. The Morgan fingerprint density at radius 3 is 2.27 bits per heavy atom. The van der Waals surface area contributed by atoms with Crippen molar-refractivity contribution in [3.05, 3.63) is 51.8 Å². The Hall–Kier alpha value is -1.76. The molecule has 0 amide bonds. The molecule has 8 heteroatoms. The van der Waals surface area contributed by atoms with E-state index in [1.54, 1.807) is 0 Å². The van der Waals surface area contributed by atoms with Crippen LogP contribution in [0.4, 0.5) is 13.2 Å². The van der Waals surface area contributed by atoms with E-state index in [1.165, 1.54) is 63.0 Å². The molecule has 1 aromatic carbocycles. The molecule has 3 fully saturated rings. The summed E-state index contributed by atoms with van der Waals surface area (Å²) in [6.45, 7) is 12.8. The van der Waals surface area contributed by atoms with Crippen LogP contribution >= 0.6 is 11.6 Å². The lowest BCUT2D eigenvalue weighted by atomic mass is 9.26. The summed E-state index contributed by atoms with van der Waals surface area (Å²) in [5.41, 5.74) is 2.25. The Bertz CT molecular complexity index is 1100. The molecule has 2 aliphatic heterocycles. The zero-order valence-corrected chi connectivity index (χ0v) is 25.9. The van der Waals surface area contributed by atoms with E-state index < -0.39 is 11.9 Å². The van der Waals surface area contributed by atoms with Gasteiger partial charge < -0.3 is 0 Å². The Balaban J connectivity index is 0.000000217. The number of hydrogen-bond acceptors (Lipinski definition) is 2. The molecule has 4 unspecified atom stereocenters. The molecule has 2 aromatic rings. The molecule has 0 spiro atoms. The summed E-state index contributed by atoms with van der Waals surface area (Å²) in [6.07, 6.45) is 7.40. The summed E-state index contributed by atoms with van der Waals surface area (Å²) >= 11 is 6.66. The highest BCUT2D eigenvalue weighted by Crippen LogP contribution is 2.56. The van der Waals surface area contributed by atoms with Gasteiger partial charge >= 0.3 is 6.18 Å². The molecule has 3 heterocycles. The molecule has 2 saturated heterocycles. The third-order valence-electron chi connectivity index (χ3n) is 9.07. The van der Waals surface area contributed by atoms with E-state index >= 15 is 0 Å². The van der Waals surface area contributed by atoms with Gasteiger partial charge in [0.15, 0.2) is 5.78 Å². The van der Waals surface area contributed by atoms with E-state index in [9.17, 15) is 18.0 Å². The van der Waals surface area contributed by atoms with Gasteiger partial charge in [-0.3, -0.25) is 9.48 Å². The maximum Gasteiger partial charge on any atom is 0.433 e. The smallest absolute Gasteiger partial charge is 0.298 e. The van der Waals surface area contributed by atoms with Crippen molar-refractivity contribution in [1.82, 2.24) is 9.78 Å². The Morgan fingerprint density at radius 1 is 1.12 bits per heavy atom. The van der Waals surface area contributed by atoms with Crippen LogP contribution in [0.5, 0.6) is 0 Å². The van der Waals surface area contributed by atoms with Crippen molar-refractivity contribution in [3.63, 3.8) is 0 Å². The van der Waals surface area contributed by atoms with Gasteiger partial charge in [-0.2, -0.15) is 18.3 Å². The minimum atomic E-state index is -4.45. The Labute approximate surface area is 244 Å². The van der Waals surface area contributed by atoms with Crippen molar-refractivity contribution in [1.29, 1.82) is 0 Å². The van der Waals surface area contributed by atoms with Crippen LogP contribution in [-0.4, -0.2) is 22.3 Å². The van der Waals surface area contributed by atoms with Crippen molar-refractivity contribution in [2.45, 2.75) is 141 Å². The first-order valence-corrected chi connectivity index (χ1v) is 15.8. The lowest BCUT2D eigenvalue weighted by Gasteiger charge is -2.37. The zero-order valence-electron chi connectivity index (χ0n) is 25.2. The first-order valence-electron chi connectivity index (χ1n) is 15.4. The molecule has 1 aromatic heterocycles. The van der Waals surface area contributed by atoms with Gasteiger partial charge in [0.05, 0.1) is 12.2 Å². The quantitative estimate of drug-likeness (QED) is 0.292. The Kier molecular flexibility index (Phi) is 11.8. The average Bonchev–Trinajstić information content (AvgIpc) is 3.63. The minimum Gasteiger partial charge on any atom is -0.298 e. The summed E-state index contributed by atoms with van der Waals surface area (Å²) in [4.78, 5) is 10.9. The van der Waals surface area contributed by atoms with Crippen LogP contribution in [0.15, 0.2) is 24.3 Å². The van der Waals surface area contributed by atoms with Crippen molar-refractivity contribution in [3.8, 4) is 0 Å². The van der Waals surface area contributed by atoms with Gasteiger partial charge in [-0.15, -0.1) is 0 Å². The minimum absolute atomic E-state index is 0.148. The van der Waals surface area contributed by atoms with Crippen LogP contribution in [0.1, 0.15) is 127 Å². The van der Waals surface area contributed by atoms with Crippen molar-refractivity contribution >= 4 is 24.1 Å². The number of fused-ring (bicyclic) bond motifs is 2. The third kappa shape index (κ3) is 7.95. The van der Waals surface area contributed by atoms with Gasteiger partial charge in [0.2, 0.25) is 0 Å². The van der Waals surface area contributed by atoms with Crippen molar-refractivity contribution in [2.24, 2.45) is 0 Å². The maximum atomic E-state index is 12.6. The summed E-state index contributed by atoms with van der Waals surface area (Å²) in [7, 11) is 0. The fourth-order valence-corrected chi connectivity index (χ4v) is 7.45. The number of Topliss-reactive ketones (excluding diaryl/α,β-unsaturated/α-hetero) is 1. The van der Waals surface area contributed by atoms with Crippen LogP contribution in [0.25, 0.3) is 0 Å². The van der Waals surface area contributed by atoms with Gasteiger partial charge in [-0.1, -0.05) is 120 Å². The van der Waals surface area contributed by atoms with Gasteiger partial charge in [0.25, 0.3) is 0 Å². The fraction of sp³-hybridized carbons (Fsp3) is 0.688. The number of carbonyl (C=O) groups is 1. The zero-order chi connectivity index (χ0) is 29.6. The topological polar surface area (TPSA) is 34.9 Å². The standard InChI is InChI=1S/C20H30BCl.C10H11F3N2O.C2H6/c1-4-7-19(21-16-9-6-10-17(21)13-12-16)15(3)18-11-5-8-14(2)20(18)22;1-6(16)5-15-9(10(11,12)13)4-8(14-15)7-2-3-7;1-2/h5,8,11,15-17,19H,4,6-7,9-10,12-13H2,1-3H3;4,7H,2-3,5H2,1H3;1-2H3. The van der Waals surface area contributed by atoms with Crippen LogP contribution in [-0.2, 0) is 17.5 Å². The molecule has 4 atom stereocenters. The second-order valence-electron chi connectivity index (χ2n) is 11.9. The van der Waals surface area contributed by atoms with E-state index in [0.29, 0.717) is 11.6 Å². The molecule has 3 nitrogen and oxygen atoms in total. The first kappa shape index (κ1) is 32.8. The number of aryl methyl sites for hydroxylation is 1. The van der Waals surface area contributed by atoms with Crippen molar-refractivity contribution in [2.75, 3.05) is 0 Å². The van der Waals surface area contributed by atoms with Gasteiger partial charge in [0, 0.05) is 10.9 Å². The van der Waals surface area contributed by atoms with E-state index in [1.807, 2.05) is 13.8 Å². The van der Waals surface area contributed by atoms with Gasteiger partial charge in [-0.05, 0) is 49.8 Å². The van der Waals surface area contributed by atoms with Gasteiger partial charge in [0.1, 0.15) is 12.4 Å². The van der Waals surface area contributed by atoms with Crippen LogP contribution in [0, 0.1) is 6.92 Å². The van der Waals surface area contributed by atoms with Gasteiger partial charge in [-0.25, -0.2) is 0 Å². The second-order valence-corrected chi connectivity index (χ2v) is 12.3. The molecular weight excluding hydrogens is 532 g/mol. The van der Waals surface area contributed by atoms with E-state index in [4.69, 9.17) is 11.6 Å². The fourth-order valence-electron chi connectivity index (χ4n) is 7.15. The van der Waals surface area contributed by atoms with Crippen LogP contribution < -0.4 is 0 Å². The molecule has 0 radical (unpaired) electrons. The number of aromatic nitrogens is 2. The summed E-state index contributed by atoms with van der Waals surface area (Å²) in [6, 6.07) is 7.65. The predicted octanol–water partition coefficient (Wildman–Crippen LogP) is 10.5. The van der Waals surface area contributed by atoms with Crippen molar-refractivity contribution < 1.29 is 18.0 Å². The number of hydrogen-bond donors (Lipinski definition) is 0. The highest BCUT2D eigenvalue weighted by atomic mass is 35.5. The average molecular weight is 579 g/mol. The lowest BCUT2D eigenvalue weighted by molar-refractivity contribution is -0.144. The molecule has 1 saturated carbocycles. The second kappa shape index (κ2) is 14.4. The number of carbonyl (C=O) groups excluding carboxylic acids is 1. The number of benzene rings is 1. The monoisotopic (exact) mass is 578 g/mol. The molecule has 2 bridgehead atoms. The lowest BCUT2D eigenvalue weighted by Crippen LogP contribution is -2.33. The highest BCUT2D eigenvalue weighted by molar-refractivity contribution is 6.65. The van der Waals surface area contributed by atoms with Crippen LogP contribution in [0.3, 0.4) is 0 Å². The molecule has 222 valence electrons. The molecule has 0 N–H and O–H groups in total. The number of rotatable bonds is 8. The van der Waals surface area contributed by atoms with E-state index in [0.717, 1.165) is 52.8 Å². The summed E-state index contributed by atoms with van der Waals surface area (Å²) < 4.78 is 38.6. The molecule has 5 rings (SSSR count). The number of halogens is 4. The SMILES string of the molecule is CC.CC(=O)Cn1nc(C2CC2)cc1C(F)(F)F.CCCC(B1C2CCCC1CC2)C(C)c1cccc(C)c1Cl.